The number of carbonyl (C=O) groups is 1. The van der Waals surface area contributed by atoms with E-state index in [-0.39, 0.29) is 33.0 Å². The molecule has 1 atom stereocenters. The first-order chi connectivity index (χ1) is 16.3. The normalized spacial score (nSPS) is 13.1. The Morgan fingerprint density at radius 3 is 2.09 bits per heavy atom. The minimum Gasteiger partial charge on any atom is -0.545 e. The molecule has 0 aliphatic rings. The molecule has 3 aromatic carbocycles. The van der Waals surface area contributed by atoms with E-state index in [9.17, 15) is 33.4 Å². The van der Waals surface area contributed by atoms with Crippen molar-refractivity contribution in [3.8, 4) is 17.6 Å². The molecule has 0 radical (unpaired) electrons. The minimum absolute atomic E-state index is 0.00504. The number of ether oxygens (including phenoxy) is 1. The molecule has 3 rings (SSSR count). The van der Waals surface area contributed by atoms with Gasteiger partial charge in [-0.3, -0.25) is 0 Å². The van der Waals surface area contributed by atoms with E-state index in [0.717, 1.165) is 12.1 Å². The molecular weight excluding hydrogens is 483 g/mol. The molecular formula is C26H20ClF3NO4-. The largest absolute Gasteiger partial charge is 0.545 e. The lowest BCUT2D eigenvalue weighted by Gasteiger charge is -2.32. The molecule has 0 aliphatic carbocycles. The van der Waals surface area contributed by atoms with E-state index in [1.54, 1.807) is 6.92 Å². The number of halogens is 4. The lowest BCUT2D eigenvalue weighted by Crippen LogP contribution is -2.44. The Balaban J connectivity index is 1.94. The standard InChI is InChI=1S/C26H21ClF3NO4/c1-14-8-18(9-15(2)22(14)13-31)25(34,26(28,29)30)12-17-4-5-20(11-23(17)27)35-19-6-7-21(24(32)33)16(3)10-19/h4-11,34H,12H2,1-3H3,(H,32,33)/p-1/t25-/m0/s1. The van der Waals surface area contributed by atoms with Gasteiger partial charge in [-0.05, 0) is 78.9 Å². The van der Waals surface area contributed by atoms with Gasteiger partial charge in [-0.15, -0.1) is 0 Å². The van der Waals surface area contributed by atoms with Gasteiger partial charge in [0.05, 0.1) is 17.6 Å². The number of carboxylic acids is 1. The number of carboxylic acid groups (broad SMARTS) is 1. The quantitative estimate of drug-likeness (QED) is 0.494. The van der Waals surface area contributed by atoms with Crippen molar-refractivity contribution in [2.24, 2.45) is 0 Å². The van der Waals surface area contributed by atoms with Gasteiger partial charge in [0.15, 0.2) is 5.60 Å². The summed E-state index contributed by atoms with van der Waals surface area (Å²) in [6.45, 7) is 4.58. The fourth-order valence-electron chi connectivity index (χ4n) is 3.82. The van der Waals surface area contributed by atoms with Crippen molar-refractivity contribution < 1.29 is 32.9 Å². The average Bonchev–Trinajstić information content (AvgIpc) is 2.74. The van der Waals surface area contributed by atoms with Crippen LogP contribution in [0.1, 0.15) is 43.7 Å². The van der Waals surface area contributed by atoms with Gasteiger partial charge in [-0.2, -0.15) is 18.4 Å². The number of hydrogen-bond donors (Lipinski definition) is 1. The van der Waals surface area contributed by atoms with Crippen LogP contribution >= 0.6 is 11.6 Å². The predicted octanol–water partition coefficient (Wildman–Crippen LogP) is 5.29. The van der Waals surface area contributed by atoms with Crippen molar-refractivity contribution in [3.63, 3.8) is 0 Å². The Hall–Kier alpha value is -3.54. The van der Waals surface area contributed by atoms with Crippen molar-refractivity contribution >= 4 is 17.6 Å². The number of hydrogen-bond acceptors (Lipinski definition) is 5. The van der Waals surface area contributed by atoms with Crippen molar-refractivity contribution in [2.45, 2.75) is 39.0 Å². The van der Waals surface area contributed by atoms with Crippen LogP contribution in [0.2, 0.25) is 5.02 Å². The summed E-state index contributed by atoms with van der Waals surface area (Å²) in [6.07, 6.45) is -5.89. The maximum Gasteiger partial charge on any atom is 0.421 e. The van der Waals surface area contributed by atoms with E-state index >= 15 is 0 Å². The number of carbonyl (C=O) groups excluding carboxylic acids is 1. The van der Waals surface area contributed by atoms with E-state index in [0.29, 0.717) is 22.4 Å². The second-order valence-corrected chi connectivity index (χ2v) is 8.66. The number of nitriles is 1. The second-order valence-electron chi connectivity index (χ2n) is 8.25. The van der Waals surface area contributed by atoms with Crippen LogP contribution in [-0.4, -0.2) is 17.3 Å². The lowest BCUT2D eigenvalue weighted by atomic mass is 9.84. The molecule has 35 heavy (non-hydrogen) atoms. The smallest absolute Gasteiger partial charge is 0.421 e. The van der Waals surface area contributed by atoms with Crippen molar-refractivity contribution in [1.82, 2.24) is 0 Å². The molecule has 0 unspecified atom stereocenters. The van der Waals surface area contributed by atoms with Gasteiger partial charge in [0.2, 0.25) is 0 Å². The number of benzene rings is 3. The van der Waals surface area contributed by atoms with Gasteiger partial charge in [-0.25, -0.2) is 0 Å². The molecule has 0 saturated heterocycles. The summed E-state index contributed by atoms with van der Waals surface area (Å²) in [7, 11) is 0. The number of aryl methyl sites for hydroxylation is 3. The van der Waals surface area contributed by atoms with Gasteiger partial charge in [-0.1, -0.05) is 29.8 Å². The van der Waals surface area contributed by atoms with Crippen LogP contribution in [-0.2, 0) is 12.0 Å². The Kier molecular flexibility index (Phi) is 7.16. The fraction of sp³-hybridized carbons (Fsp3) is 0.231. The number of nitrogens with zero attached hydrogens (tertiary/aromatic N) is 1. The molecule has 1 N–H and O–H groups in total. The van der Waals surface area contributed by atoms with Gasteiger partial charge < -0.3 is 19.7 Å². The predicted molar refractivity (Wildman–Crippen MR) is 121 cm³/mol. The summed E-state index contributed by atoms with van der Waals surface area (Å²) in [4.78, 5) is 11.0. The zero-order valence-corrected chi connectivity index (χ0v) is 19.7. The molecule has 0 fully saturated rings. The Bertz CT molecular complexity index is 1320. The first kappa shape index (κ1) is 26.1. The first-order valence-electron chi connectivity index (χ1n) is 10.4. The summed E-state index contributed by atoms with van der Waals surface area (Å²) in [5.74, 6) is -0.821. The molecule has 0 spiro atoms. The van der Waals surface area contributed by atoms with Crippen LogP contribution in [0.15, 0.2) is 48.5 Å². The molecule has 3 aromatic rings. The third-order valence-electron chi connectivity index (χ3n) is 5.72. The molecule has 0 aromatic heterocycles. The molecule has 9 heteroatoms. The van der Waals surface area contributed by atoms with Crippen molar-refractivity contribution in [1.29, 1.82) is 5.26 Å². The van der Waals surface area contributed by atoms with Crippen LogP contribution in [0.3, 0.4) is 0 Å². The molecule has 0 heterocycles. The van der Waals surface area contributed by atoms with Crippen LogP contribution in [0, 0.1) is 32.1 Å². The summed E-state index contributed by atoms with van der Waals surface area (Å²) >= 11 is 6.26. The summed E-state index contributed by atoms with van der Waals surface area (Å²) in [5, 5.41) is 31.1. The van der Waals surface area contributed by atoms with E-state index in [4.69, 9.17) is 16.3 Å². The maximum atomic E-state index is 14.1. The molecule has 0 amide bonds. The molecule has 182 valence electrons. The minimum atomic E-state index is -5.03. The van der Waals surface area contributed by atoms with Gasteiger partial charge >= 0.3 is 6.18 Å². The molecule has 0 bridgehead atoms. The van der Waals surface area contributed by atoms with Crippen LogP contribution in [0.25, 0.3) is 0 Å². The molecule has 0 aliphatic heterocycles. The Morgan fingerprint density at radius 1 is 1.03 bits per heavy atom. The van der Waals surface area contributed by atoms with Crippen LogP contribution in [0.5, 0.6) is 11.5 Å². The van der Waals surface area contributed by atoms with Crippen LogP contribution in [0.4, 0.5) is 13.2 Å². The van der Waals surface area contributed by atoms with Crippen molar-refractivity contribution in [2.75, 3.05) is 0 Å². The van der Waals surface area contributed by atoms with Crippen molar-refractivity contribution in [3.05, 3.63) is 92.5 Å². The highest BCUT2D eigenvalue weighted by atomic mass is 35.5. The number of alkyl halides is 3. The van der Waals surface area contributed by atoms with Gasteiger partial charge in [0.25, 0.3) is 0 Å². The SMILES string of the molecule is Cc1cc(Oc2ccc(C[C@](O)(c3cc(C)c(C#N)c(C)c3)C(F)(F)F)c(Cl)c2)ccc1C(=O)[O-]. The number of aromatic carboxylic acids is 1. The average molecular weight is 503 g/mol. The third-order valence-corrected chi connectivity index (χ3v) is 6.07. The second kappa shape index (κ2) is 9.61. The monoisotopic (exact) mass is 502 g/mol. The van der Waals surface area contributed by atoms with Gasteiger partial charge in [0, 0.05) is 17.0 Å². The number of rotatable bonds is 6. The highest BCUT2D eigenvalue weighted by Crippen LogP contribution is 2.44. The summed E-state index contributed by atoms with van der Waals surface area (Å²) in [5.41, 5.74) is -2.30. The fourth-order valence-corrected chi connectivity index (χ4v) is 4.06. The third kappa shape index (κ3) is 5.26. The zero-order chi connectivity index (χ0) is 26.1. The highest BCUT2D eigenvalue weighted by Gasteiger charge is 2.55. The first-order valence-corrected chi connectivity index (χ1v) is 10.7. The van der Waals surface area contributed by atoms with Gasteiger partial charge in [0.1, 0.15) is 11.5 Å². The summed E-state index contributed by atoms with van der Waals surface area (Å²) in [6, 6.07) is 12.5. The molecule has 5 nitrogen and oxygen atoms in total. The van der Waals surface area contributed by atoms with Crippen LogP contribution < -0.4 is 9.84 Å². The Morgan fingerprint density at radius 2 is 1.60 bits per heavy atom. The summed E-state index contributed by atoms with van der Waals surface area (Å²) < 4.78 is 48.0. The highest BCUT2D eigenvalue weighted by molar-refractivity contribution is 6.31. The van der Waals surface area contributed by atoms with E-state index in [2.05, 4.69) is 0 Å². The molecule has 0 saturated carbocycles. The lowest BCUT2D eigenvalue weighted by molar-refractivity contribution is -0.266. The topological polar surface area (TPSA) is 93.4 Å². The van der Waals surface area contributed by atoms with E-state index < -0.39 is 24.2 Å². The number of aliphatic hydroxyl groups is 1. The zero-order valence-electron chi connectivity index (χ0n) is 19.0. The van der Waals surface area contributed by atoms with E-state index in [1.807, 2.05) is 6.07 Å². The van der Waals surface area contributed by atoms with E-state index in [1.165, 1.54) is 50.2 Å². The Labute approximate surface area is 205 Å². The maximum absolute atomic E-state index is 14.1.